The van der Waals surface area contributed by atoms with E-state index < -0.39 is 9.84 Å². The van der Waals surface area contributed by atoms with Gasteiger partial charge in [0.15, 0.2) is 9.84 Å². The fourth-order valence-electron chi connectivity index (χ4n) is 2.73. The Bertz CT molecular complexity index is 336. The molecule has 0 aromatic rings. The highest BCUT2D eigenvalue weighted by atomic mass is 32.2. The maximum Gasteiger partial charge on any atom is 0.152 e. The van der Waals surface area contributed by atoms with Crippen molar-refractivity contribution in [3.8, 4) is 0 Å². The van der Waals surface area contributed by atoms with Crippen LogP contribution in [0.2, 0.25) is 0 Å². The Morgan fingerprint density at radius 3 is 2.59 bits per heavy atom. The summed E-state index contributed by atoms with van der Waals surface area (Å²) in [6.07, 6.45) is 1.07. The Labute approximate surface area is 103 Å². The molecule has 0 spiro atoms. The summed E-state index contributed by atoms with van der Waals surface area (Å²) < 4.78 is 28.3. The van der Waals surface area contributed by atoms with Crippen LogP contribution in [0.4, 0.5) is 0 Å². The summed E-state index contributed by atoms with van der Waals surface area (Å²) in [6.45, 7) is 4.85. The number of sulfone groups is 1. The minimum absolute atomic E-state index is 0.176. The van der Waals surface area contributed by atoms with E-state index in [1.807, 2.05) is 7.05 Å². The molecular formula is C11H22N2O3S. The maximum absolute atomic E-state index is 11.4. The molecule has 5 nitrogen and oxygen atoms in total. The smallest absolute Gasteiger partial charge is 0.152 e. The van der Waals surface area contributed by atoms with Crippen molar-refractivity contribution >= 4 is 9.84 Å². The molecule has 0 radical (unpaired) electrons. The monoisotopic (exact) mass is 262 g/mol. The molecule has 0 bridgehead atoms. The second-order valence-electron chi connectivity index (χ2n) is 5.26. The number of rotatable bonds is 4. The van der Waals surface area contributed by atoms with Gasteiger partial charge in [0.1, 0.15) is 0 Å². The number of ether oxygens (including phenoxy) is 1. The van der Waals surface area contributed by atoms with E-state index in [1.165, 1.54) is 0 Å². The SMILES string of the molecule is CNCC1(CN2CCS(=O)(=O)CC2)CCOC1. The van der Waals surface area contributed by atoms with Gasteiger partial charge in [0.05, 0.1) is 18.1 Å². The Morgan fingerprint density at radius 2 is 2.06 bits per heavy atom. The summed E-state index contributed by atoms with van der Waals surface area (Å²) in [4.78, 5) is 2.27. The topological polar surface area (TPSA) is 58.6 Å². The summed E-state index contributed by atoms with van der Waals surface area (Å²) in [5.41, 5.74) is 0.176. The van der Waals surface area contributed by atoms with Crippen molar-refractivity contribution in [1.29, 1.82) is 0 Å². The van der Waals surface area contributed by atoms with E-state index in [0.29, 0.717) is 24.6 Å². The standard InChI is InChI=1S/C11H22N2O3S/c1-12-8-11(2-5-16-10-11)9-13-3-6-17(14,15)7-4-13/h12H,2-10H2,1H3. The zero-order valence-electron chi connectivity index (χ0n) is 10.4. The van der Waals surface area contributed by atoms with Gasteiger partial charge in [0, 0.05) is 38.2 Å². The molecule has 0 aromatic carbocycles. The van der Waals surface area contributed by atoms with Gasteiger partial charge in [-0.25, -0.2) is 8.42 Å². The van der Waals surface area contributed by atoms with Gasteiger partial charge in [0.25, 0.3) is 0 Å². The third kappa shape index (κ3) is 3.40. The van der Waals surface area contributed by atoms with Crippen molar-refractivity contribution in [2.24, 2.45) is 5.41 Å². The van der Waals surface area contributed by atoms with Gasteiger partial charge in [-0.05, 0) is 13.5 Å². The zero-order valence-corrected chi connectivity index (χ0v) is 11.3. The lowest BCUT2D eigenvalue weighted by molar-refractivity contribution is 0.113. The highest BCUT2D eigenvalue weighted by Gasteiger charge is 2.37. The average molecular weight is 262 g/mol. The van der Waals surface area contributed by atoms with Crippen molar-refractivity contribution in [3.05, 3.63) is 0 Å². The van der Waals surface area contributed by atoms with Crippen molar-refractivity contribution in [2.45, 2.75) is 6.42 Å². The van der Waals surface area contributed by atoms with E-state index in [4.69, 9.17) is 4.74 Å². The predicted octanol–water partition coefficient (Wildman–Crippen LogP) is -0.657. The molecule has 1 atom stereocenters. The summed E-state index contributed by atoms with van der Waals surface area (Å²) in [7, 11) is -0.811. The van der Waals surface area contributed by atoms with Crippen LogP contribution in [-0.4, -0.2) is 71.3 Å². The van der Waals surface area contributed by atoms with E-state index in [0.717, 1.165) is 32.7 Å². The Hall–Kier alpha value is -0.170. The first-order valence-electron chi connectivity index (χ1n) is 6.20. The van der Waals surface area contributed by atoms with Crippen molar-refractivity contribution in [1.82, 2.24) is 10.2 Å². The van der Waals surface area contributed by atoms with Crippen LogP contribution in [0.25, 0.3) is 0 Å². The predicted molar refractivity (Wildman–Crippen MR) is 66.9 cm³/mol. The first-order valence-corrected chi connectivity index (χ1v) is 8.03. The van der Waals surface area contributed by atoms with Crippen LogP contribution in [0.15, 0.2) is 0 Å². The first kappa shape index (κ1) is 13.3. The third-order valence-electron chi connectivity index (χ3n) is 3.73. The molecule has 0 aliphatic carbocycles. The lowest BCUT2D eigenvalue weighted by Crippen LogP contribution is -2.49. The summed E-state index contributed by atoms with van der Waals surface area (Å²) >= 11 is 0. The number of nitrogens with one attached hydrogen (secondary N) is 1. The molecule has 6 heteroatoms. The molecule has 2 fully saturated rings. The molecule has 1 unspecified atom stereocenters. The molecule has 2 aliphatic rings. The van der Waals surface area contributed by atoms with Crippen molar-refractivity contribution in [2.75, 3.05) is 57.9 Å². The van der Waals surface area contributed by atoms with Gasteiger partial charge in [0.2, 0.25) is 0 Å². The van der Waals surface area contributed by atoms with E-state index >= 15 is 0 Å². The minimum atomic E-state index is -2.77. The maximum atomic E-state index is 11.4. The van der Waals surface area contributed by atoms with Crippen LogP contribution in [-0.2, 0) is 14.6 Å². The highest BCUT2D eigenvalue weighted by molar-refractivity contribution is 7.91. The molecule has 0 amide bonds. The molecule has 0 saturated carbocycles. The Kier molecular flexibility index (Phi) is 4.07. The van der Waals surface area contributed by atoms with Gasteiger partial charge in [-0.2, -0.15) is 0 Å². The van der Waals surface area contributed by atoms with Crippen LogP contribution < -0.4 is 5.32 Å². The third-order valence-corrected chi connectivity index (χ3v) is 5.34. The van der Waals surface area contributed by atoms with Gasteiger partial charge in [-0.3, -0.25) is 0 Å². The van der Waals surface area contributed by atoms with Gasteiger partial charge < -0.3 is 15.0 Å². The van der Waals surface area contributed by atoms with Crippen LogP contribution in [0.5, 0.6) is 0 Å². The fourth-order valence-corrected chi connectivity index (χ4v) is 4.00. The number of hydrogen-bond acceptors (Lipinski definition) is 5. The number of hydrogen-bond donors (Lipinski definition) is 1. The normalized spacial score (nSPS) is 33.9. The summed E-state index contributed by atoms with van der Waals surface area (Å²) in [6, 6.07) is 0. The quantitative estimate of drug-likeness (QED) is 0.729. The summed E-state index contributed by atoms with van der Waals surface area (Å²) in [5, 5.41) is 3.23. The zero-order chi connectivity index (χ0) is 12.4. The van der Waals surface area contributed by atoms with Crippen LogP contribution in [0.1, 0.15) is 6.42 Å². The molecule has 2 saturated heterocycles. The second kappa shape index (κ2) is 5.22. The summed E-state index contributed by atoms with van der Waals surface area (Å²) in [5.74, 6) is 0.618. The number of nitrogens with zero attached hydrogens (tertiary/aromatic N) is 1. The van der Waals surface area contributed by atoms with Crippen LogP contribution in [0.3, 0.4) is 0 Å². The molecule has 1 N–H and O–H groups in total. The Morgan fingerprint density at radius 1 is 1.35 bits per heavy atom. The van der Waals surface area contributed by atoms with Crippen LogP contribution in [0, 0.1) is 5.41 Å². The van der Waals surface area contributed by atoms with E-state index in [-0.39, 0.29) is 5.41 Å². The van der Waals surface area contributed by atoms with Gasteiger partial charge >= 0.3 is 0 Å². The molecule has 2 aliphatic heterocycles. The first-order chi connectivity index (χ1) is 8.05. The van der Waals surface area contributed by atoms with E-state index in [1.54, 1.807) is 0 Å². The van der Waals surface area contributed by atoms with Crippen molar-refractivity contribution < 1.29 is 13.2 Å². The fraction of sp³-hybridized carbons (Fsp3) is 1.00. The van der Waals surface area contributed by atoms with Gasteiger partial charge in [-0.15, -0.1) is 0 Å². The molecule has 2 heterocycles. The lowest BCUT2D eigenvalue weighted by atomic mass is 9.86. The second-order valence-corrected chi connectivity index (χ2v) is 7.56. The molecule has 2 rings (SSSR count). The molecule has 100 valence electrons. The molecule has 0 aromatic heterocycles. The van der Waals surface area contributed by atoms with E-state index in [9.17, 15) is 8.42 Å². The van der Waals surface area contributed by atoms with E-state index in [2.05, 4.69) is 10.2 Å². The van der Waals surface area contributed by atoms with Gasteiger partial charge in [-0.1, -0.05) is 0 Å². The largest absolute Gasteiger partial charge is 0.381 e. The highest BCUT2D eigenvalue weighted by Crippen LogP contribution is 2.29. The van der Waals surface area contributed by atoms with Crippen molar-refractivity contribution in [3.63, 3.8) is 0 Å². The molecule has 17 heavy (non-hydrogen) atoms. The van der Waals surface area contributed by atoms with Crippen LogP contribution >= 0.6 is 0 Å². The Balaban J connectivity index is 1.91. The lowest BCUT2D eigenvalue weighted by Gasteiger charge is -2.36. The minimum Gasteiger partial charge on any atom is -0.381 e. The molecular weight excluding hydrogens is 240 g/mol. The average Bonchev–Trinajstić information content (AvgIpc) is 2.71.